The minimum absolute atomic E-state index is 0.273. The van der Waals surface area contributed by atoms with Crippen LogP contribution in [0.2, 0.25) is 0 Å². The molecule has 1 aromatic carbocycles. The van der Waals surface area contributed by atoms with Gasteiger partial charge in [-0.15, -0.1) is 0 Å². The van der Waals surface area contributed by atoms with Crippen LogP contribution in [0.3, 0.4) is 0 Å². The Labute approximate surface area is 107 Å². The summed E-state index contributed by atoms with van der Waals surface area (Å²) in [6.07, 6.45) is 3.31. The fourth-order valence-electron chi connectivity index (χ4n) is 2.19. The smallest absolute Gasteiger partial charge is 0.248 e. The van der Waals surface area contributed by atoms with Gasteiger partial charge in [0.05, 0.1) is 0 Å². The highest BCUT2D eigenvalue weighted by atomic mass is 16.3. The number of nitrogens with two attached hydrogens (primary N) is 1. The van der Waals surface area contributed by atoms with E-state index in [9.17, 15) is 4.79 Å². The average Bonchev–Trinajstić information content (AvgIpc) is 3.10. The molecule has 0 saturated heterocycles. The van der Waals surface area contributed by atoms with Gasteiger partial charge in [0.2, 0.25) is 5.91 Å². The molecule has 0 atom stereocenters. The lowest BCUT2D eigenvalue weighted by Gasteiger charge is -2.14. The molecule has 4 heteroatoms. The van der Waals surface area contributed by atoms with E-state index in [1.54, 1.807) is 12.1 Å². The first-order valence-corrected chi connectivity index (χ1v) is 6.36. The molecule has 1 aliphatic carbocycles. The predicted octanol–water partition coefficient (Wildman–Crippen LogP) is 1.04. The van der Waals surface area contributed by atoms with Crippen molar-refractivity contribution in [3.8, 4) is 0 Å². The summed E-state index contributed by atoms with van der Waals surface area (Å²) >= 11 is 0. The van der Waals surface area contributed by atoms with Crippen LogP contribution in [-0.4, -0.2) is 24.2 Å². The molecule has 0 aromatic heterocycles. The van der Waals surface area contributed by atoms with E-state index in [2.05, 4.69) is 5.32 Å². The van der Waals surface area contributed by atoms with Crippen molar-refractivity contribution in [3.63, 3.8) is 0 Å². The molecule has 1 fully saturated rings. The second-order valence-corrected chi connectivity index (χ2v) is 5.14. The van der Waals surface area contributed by atoms with Gasteiger partial charge in [0.1, 0.15) is 0 Å². The van der Waals surface area contributed by atoms with Gasteiger partial charge in [-0.3, -0.25) is 4.79 Å². The highest BCUT2D eigenvalue weighted by Gasteiger charge is 2.41. The predicted molar refractivity (Wildman–Crippen MR) is 70.0 cm³/mol. The molecule has 4 N–H and O–H groups in total. The van der Waals surface area contributed by atoms with Gasteiger partial charge < -0.3 is 16.2 Å². The summed E-state index contributed by atoms with van der Waals surface area (Å²) in [7, 11) is 0. The lowest BCUT2D eigenvalue weighted by atomic mass is 10.0. The maximum absolute atomic E-state index is 10.9. The quantitative estimate of drug-likeness (QED) is 0.675. The van der Waals surface area contributed by atoms with Crippen molar-refractivity contribution in [2.75, 3.05) is 13.2 Å². The van der Waals surface area contributed by atoms with Crippen LogP contribution < -0.4 is 11.1 Å². The van der Waals surface area contributed by atoms with Gasteiger partial charge in [0.25, 0.3) is 0 Å². The van der Waals surface area contributed by atoms with Crippen molar-refractivity contribution in [2.45, 2.75) is 25.8 Å². The van der Waals surface area contributed by atoms with Crippen molar-refractivity contribution in [1.82, 2.24) is 5.32 Å². The van der Waals surface area contributed by atoms with Gasteiger partial charge in [-0.25, -0.2) is 0 Å². The fourth-order valence-corrected chi connectivity index (χ4v) is 2.19. The van der Waals surface area contributed by atoms with Crippen LogP contribution in [0.15, 0.2) is 24.3 Å². The number of aliphatic hydroxyl groups is 1. The van der Waals surface area contributed by atoms with Crippen LogP contribution in [0.4, 0.5) is 0 Å². The lowest BCUT2D eigenvalue weighted by molar-refractivity contribution is 0.100. The summed E-state index contributed by atoms with van der Waals surface area (Å²) in [5.74, 6) is -0.394. The first-order chi connectivity index (χ1) is 8.65. The van der Waals surface area contributed by atoms with Crippen molar-refractivity contribution < 1.29 is 9.90 Å². The summed E-state index contributed by atoms with van der Waals surface area (Å²) in [6, 6.07) is 7.33. The number of carbonyl (C=O) groups is 1. The Hall–Kier alpha value is -1.39. The zero-order chi connectivity index (χ0) is 13.0. The second kappa shape index (κ2) is 5.50. The molecule has 1 amide bonds. The first kappa shape index (κ1) is 13.1. The normalized spacial score (nSPS) is 16.5. The zero-order valence-corrected chi connectivity index (χ0v) is 10.5. The Balaban J connectivity index is 1.78. The van der Waals surface area contributed by atoms with Crippen molar-refractivity contribution in [1.29, 1.82) is 0 Å². The summed E-state index contributed by atoms with van der Waals surface area (Å²) < 4.78 is 0. The van der Waals surface area contributed by atoms with Gasteiger partial charge in [-0.05, 0) is 42.4 Å². The van der Waals surface area contributed by atoms with Crippen LogP contribution in [0.25, 0.3) is 0 Å². The zero-order valence-electron chi connectivity index (χ0n) is 10.5. The largest absolute Gasteiger partial charge is 0.396 e. The highest BCUT2D eigenvalue weighted by Crippen LogP contribution is 2.47. The molecular formula is C14H20N2O2. The summed E-state index contributed by atoms with van der Waals surface area (Å²) in [5, 5.41) is 12.4. The standard InChI is InChI=1S/C14H20N2O2/c15-13(18)12-3-1-11(2-4-12)9-16-10-14(5-6-14)7-8-17/h1-4,16-17H,5-10H2,(H2,15,18). The molecule has 98 valence electrons. The van der Waals surface area contributed by atoms with Crippen molar-refractivity contribution >= 4 is 5.91 Å². The first-order valence-electron chi connectivity index (χ1n) is 6.36. The Kier molecular flexibility index (Phi) is 3.99. The third kappa shape index (κ3) is 3.31. The van der Waals surface area contributed by atoms with Gasteiger partial charge in [-0.2, -0.15) is 0 Å². The average molecular weight is 248 g/mol. The van der Waals surface area contributed by atoms with Crippen molar-refractivity contribution in [2.24, 2.45) is 11.1 Å². The number of rotatable bonds is 7. The maximum Gasteiger partial charge on any atom is 0.248 e. The molecule has 4 nitrogen and oxygen atoms in total. The van der Waals surface area contributed by atoms with Gasteiger partial charge in [0, 0.05) is 25.3 Å². The molecule has 0 bridgehead atoms. The van der Waals surface area contributed by atoms with E-state index in [-0.39, 0.29) is 6.61 Å². The van der Waals surface area contributed by atoms with E-state index in [0.29, 0.717) is 11.0 Å². The number of benzene rings is 1. The van der Waals surface area contributed by atoms with Gasteiger partial charge >= 0.3 is 0 Å². The van der Waals surface area contributed by atoms with Crippen LogP contribution in [-0.2, 0) is 6.54 Å². The number of nitrogens with one attached hydrogen (secondary N) is 1. The molecule has 0 heterocycles. The van der Waals surface area contributed by atoms with Crippen molar-refractivity contribution in [3.05, 3.63) is 35.4 Å². The molecule has 0 aliphatic heterocycles. The van der Waals surface area contributed by atoms with Crippen LogP contribution in [0.5, 0.6) is 0 Å². The number of hydrogen-bond acceptors (Lipinski definition) is 3. The Bertz CT molecular complexity index is 410. The fraction of sp³-hybridized carbons (Fsp3) is 0.500. The van der Waals surface area contributed by atoms with E-state index in [1.165, 1.54) is 12.8 Å². The SMILES string of the molecule is NC(=O)c1ccc(CNCC2(CCO)CC2)cc1. The van der Waals surface area contributed by atoms with Crippen LogP contribution >= 0.6 is 0 Å². The summed E-state index contributed by atoms with van der Waals surface area (Å²) in [4.78, 5) is 10.9. The number of aliphatic hydroxyl groups excluding tert-OH is 1. The highest BCUT2D eigenvalue weighted by molar-refractivity contribution is 5.92. The molecule has 1 aliphatic rings. The molecule has 0 unspecified atom stereocenters. The number of carbonyl (C=O) groups excluding carboxylic acids is 1. The molecule has 1 aromatic rings. The summed E-state index contributed by atoms with van der Waals surface area (Å²) in [6.45, 7) is 2.01. The Morgan fingerprint density at radius 1 is 1.33 bits per heavy atom. The molecule has 2 rings (SSSR count). The Morgan fingerprint density at radius 2 is 2.00 bits per heavy atom. The third-order valence-electron chi connectivity index (χ3n) is 3.67. The monoisotopic (exact) mass is 248 g/mol. The molecular weight excluding hydrogens is 228 g/mol. The van der Waals surface area contributed by atoms with Crippen LogP contribution in [0, 0.1) is 5.41 Å². The van der Waals surface area contributed by atoms with E-state index in [4.69, 9.17) is 10.8 Å². The topological polar surface area (TPSA) is 75.4 Å². The Morgan fingerprint density at radius 3 is 2.50 bits per heavy atom. The van der Waals surface area contributed by atoms with Gasteiger partial charge in [0.15, 0.2) is 0 Å². The number of amides is 1. The van der Waals surface area contributed by atoms with Gasteiger partial charge in [-0.1, -0.05) is 12.1 Å². The van der Waals surface area contributed by atoms with E-state index < -0.39 is 5.91 Å². The second-order valence-electron chi connectivity index (χ2n) is 5.14. The number of hydrogen-bond donors (Lipinski definition) is 3. The maximum atomic E-state index is 10.9. The molecule has 0 spiro atoms. The molecule has 18 heavy (non-hydrogen) atoms. The molecule has 0 radical (unpaired) electrons. The van der Waals surface area contributed by atoms with E-state index in [1.807, 2.05) is 12.1 Å². The van der Waals surface area contributed by atoms with E-state index >= 15 is 0 Å². The lowest BCUT2D eigenvalue weighted by Crippen LogP contribution is -2.24. The minimum Gasteiger partial charge on any atom is -0.396 e. The molecule has 1 saturated carbocycles. The third-order valence-corrected chi connectivity index (χ3v) is 3.67. The van der Waals surface area contributed by atoms with E-state index in [0.717, 1.165) is 25.1 Å². The van der Waals surface area contributed by atoms with Crippen LogP contribution in [0.1, 0.15) is 35.2 Å². The summed E-state index contributed by atoms with van der Waals surface area (Å²) in [5.41, 5.74) is 7.20. The number of primary amides is 1. The minimum atomic E-state index is -0.394.